The van der Waals surface area contributed by atoms with Crippen molar-refractivity contribution in [2.75, 3.05) is 6.54 Å². The summed E-state index contributed by atoms with van der Waals surface area (Å²) in [4.78, 5) is 30.3. The van der Waals surface area contributed by atoms with E-state index in [1.807, 2.05) is 52.1 Å². The molecule has 0 saturated heterocycles. The SMILES string of the molecule is CCC1=CC(=O)N(CCc2c[nH]c3ccccc23)C1C(=O)NC(C)(C)C. The van der Waals surface area contributed by atoms with Gasteiger partial charge in [0.05, 0.1) is 0 Å². The highest BCUT2D eigenvalue weighted by Gasteiger charge is 2.37. The van der Waals surface area contributed by atoms with E-state index in [2.05, 4.69) is 16.4 Å². The molecule has 2 aromatic rings. The first-order chi connectivity index (χ1) is 12.3. The average Bonchev–Trinajstić information content (AvgIpc) is 3.12. The van der Waals surface area contributed by atoms with Crippen LogP contribution in [0.1, 0.15) is 39.7 Å². The highest BCUT2D eigenvalue weighted by molar-refractivity contribution is 6.00. The number of fused-ring (bicyclic) bond motifs is 1. The highest BCUT2D eigenvalue weighted by Crippen LogP contribution is 2.25. The maximum Gasteiger partial charge on any atom is 0.247 e. The summed E-state index contributed by atoms with van der Waals surface area (Å²) in [6, 6.07) is 7.62. The lowest BCUT2D eigenvalue weighted by Crippen LogP contribution is -2.52. The van der Waals surface area contributed by atoms with Crippen LogP contribution in [0.15, 0.2) is 42.1 Å². The van der Waals surface area contributed by atoms with Crippen molar-refractivity contribution in [3.63, 3.8) is 0 Å². The Kier molecular flexibility index (Phi) is 4.90. The minimum atomic E-state index is -0.503. The number of amides is 2. The fraction of sp³-hybridized carbons (Fsp3) is 0.429. The van der Waals surface area contributed by atoms with Crippen molar-refractivity contribution in [2.24, 2.45) is 0 Å². The van der Waals surface area contributed by atoms with E-state index in [9.17, 15) is 9.59 Å². The summed E-state index contributed by atoms with van der Waals surface area (Å²) in [5.41, 5.74) is 2.80. The molecule has 2 amide bonds. The summed E-state index contributed by atoms with van der Waals surface area (Å²) >= 11 is 0. The van der Waals surface area contributed by atoms with Crippen molar-refractivity contribution < 1.29 is 9.59 Å². The summed E-state index contributed by atoms with van der Waals surface area (Å²) in [6.07, 6.45) is 5.02. The van der Waals surface area contributed by atoms with E-state index in [0.29, 0.717) is 19.4 Å². The van der Waals surface area contributed by atoms with Gasteiger partial charge in [0.2, 0.25) is 11.8 Å². The van der Waals surface area contributed by atoms with E-state index in [4.69, 9.17) is 0 Å². The third-order valence-corrected chi connectivity index (χ3v) is 4.71. The lowest BCUT2D eigenvalue weighted by molar-refractivity contribution is -0.134. The number of carbonyl (C=O) groups is 2. The molecule has 5 heteroatoms. The Morgan fingerprint density at radius 2 is 2.00 bits per heavy atom. The standard InChI is InChI=1S/C21H27N3O2/c1-5-14-12-18(25)24(19(14)20(26)23-21(2,3)4)11-10-15-13-22-17-9-7-6-8-16(15)17/h6-9,12-13,19,22H,5,10-11H2,1-4H3,(H,23,26). The Bertz CT molecular complexity index is 858. The highest BCUT2D eigenvalue weighted by atomic mass is 16.2. The molecule has 0 fully saturated rings. The third kappa shape index (κ3) is 3.66. The maximum absolute atomic E-state index is 12.8. The summed E-state index contributed by atoms with van der Waals surface area (Å²) in [6.45, 7) is 8.36. The molecule has 0 radical (unpaired) electrons. The summed E-state index contributed by atoms with van der Waals surface area (Å²) in [7, 11) is 0. The Hall–Kier alpha value is -2.56. The van der Waals surface area contributed by atoms with Crippen molar-refractivity contribution in [2.45, 2.75) is 52.1 Å². The van der Waals surface area contributed by atoms with E-state index >= 15 is 0 Å². The van der Waals surface area contributed by atoms with Gasteiger partial charge in [-0.15, -0.1) is 0 Å². The van der Waals surface area contributed by atoms with E-state index in [0.717, 1.165) is 16.7 Å². The van der Waals surface area contributed by atoms with Crippen LogP contribution in [0.4, 0.5) is 0 Å². The Morgan fingerprint density at radius 1 is 1.27 bits per heavy atom. The van der Waals surface area contributed by atoms with E-state index < -0.39 is 6.04 Å². The summed E-state index contributed by atoms with van der Waals surface area (Å²) in [5.74, 6) is -0.175. The van der Waals surface area contributed by atoms with E-state index in [-0.39, 0.29) is 17.4 Å². The molecule has 26 heavy (non-hydrogen) atoms. The van der Waals surface area contributed by atoms with Gasteiger partial charge in [0, 0.05) is 35.3 Å². The molecule has 1 atom stereocenters. The number of benzene rings is 1. The smallest absolute Gasteiger partial charge is 0.247 e. The second-order valence-electron chi connectivity index (χ2n) is 7.86. The lowest BCUT2D eigenvalue weighted by Gasteiger charge is -2.30. The zero-order valence-corrected chi connectivity index (χ0v) is 15.9. The molecule has 5 nitrogen and oxygen atoms in total. The number of carbonyl (C=O) groups excluding carboxylic acids is 2. The second-order valence-corrected chi connectivity index (χ2v) is 7.86. The molecule has 0 saturated carbocycles. The Balaban J connectivity index is 1.78. The van der Waals surface area contributed by atoms with Gasteiger partial charge in [-0.3, -0.25) is 9.59 Å². The van der Waals surface area contributed by atoms with Crippen LogP contribution in [-0.2, 0) is 16.0 Å². The van der Waals surface area contributed by atoms with E-state index in [1.54, 1.807) is 11.0 Å². The van der Waals surface area contributed by atoms with Crippen LogP contribution in [-0.4, -0.2) is 39.8 Å². The number of hydrogen-bond acceptors (Lipinski definition) is 2. The summed E-state index contributed by atoms with van der Waals surface area (Å²) < 4.78 is 0. The van der Waals surface area contributed by atoms with Gasteiger partial charge in [-0.1, -0.05) is 25.1 Å². The zero-order chi connectivity index (χ0) is 18.9. The molecule has 138 valence electrons. The van der Waals surface area contributed by atoms with Crippen LogP contribution < -0.4 is 5.32 Å². The van der Waals surface area contributed by atoms with Crippen molar-refractivity contribution in [1.29, 1.82) is 0 Å². The number of nitrogens with zero attached hydrogens (tertiary/aromatic N) is 1. The van der Waals surface area contributed by atoms with Crippen molar-refractivity contribution in [1.82, 2.24) is 15.2 Å². The van der Waals surface area contributed by atoms with Crippen LogP contribution in [0.2, 0.25) is 0 Å². The number of hydrogen-bond donors (Lipinski definition) is 2. The molecular formula is C21H27N3O2. The minimum Gasteiger partial charge on any atom is -0.361 e. The van der Waals surface area contributed by atoms with Crippen molar-refractivity contribution in [3.05, 3.63) is 47.7 Å². The third-order valence-electron chi connectivity index (χ3n) is 4.71. The minimum absolute atomic E-state index is 0.0734. The number of aromatic nitrogens is 1. The molecule has 1 aromatic carbocycles. The maximum atomic E-state index is 12.8. The predicted octanol–water partition coefficient (Wildman–Crippen LogP) is 3.17. The Labute approximate surface area is 154 Å². The fourth-order valence-corrected chi connectivity index (χ4v) is 3.51. The molecular weight excluding hydrogens is 326 g/mol. The molecule has 3 rings (SSSR count). The first kappa shape index (κ1) is 18.2. The van der Waals surface area contributed by atoms with Gasteiger partial charge in [0.25, 0.3) is 0 Å². The predicted molar refractivity (Wildman–Crippen MR) is 104 cm³/mol. The van der Waals surface area contributed by atoms with E-state index in [1.165, 1.54) is 5.39 Å². The lowest BCUT2D eigenvalue weighted by atomic mass is 10.0. The monoisotopic (exact) mass is 353 g/mol. The topological polar surface area (TPSA) is 65.2 Å². The van der Waals surface area contributed by atoms with Crippen LogP contribution in [0, 0.1) is 0 Å². The largest absolute Gasteiger partial charge is 0.361 e. The first-order valence-corrected chi connectivity index (χ1v) is 9.18. The molecule has 1 aliphatic rings. The van der Waals surface area contributed by atoms with Crippen LogP contribution >= 0.6 is 0 Å². The molecule has 2 N–H and O–H groups in total. The van der Waals surface area contributed by atoms with Crippen LogP contribution in [0.3, 0.4) is 0 Å². The summed E-state index contributed by atoms with van der Waals surface area (Å²) in [5, 5.41) is 4.18. The number of H-pyrrole nitrogens is 1. The number of nitrogens with one attached hydrogen (secondary N) is 2. The molecule has 0 aliphatic carbocycles. The quantitative estimate of drug-likeness (QED) is 0.867. The van der Waals surface area contributed by atoms with Crippen molar-refractivity contribution in [3.8, 4) is 0 Å². The van der Waals surface area contributed by atoms with Crippen LogP contribution in [0.5, 0.6) is 0 Å². The molecule has 1 aliphatic heterocycles. The fourth-order valence-electron chi connectivity index (χ4n) is 3.51. The second kappa shape index (κ2) is 6.98. The van der Waals surface area contributed by atoms with Gasteiger partial charge in [0.1, 0.15) is 6.04 Å². The molecule has 2 heterocycles. The number of para-hydroxylation sites is 1. The molecule has 0 bridgehead atoms. The Morgan fingerprint density at radius 3 is 2.69 bits per heavy atom. The average molecular weight is 353 g/mol. The van der Waals surface area contributed by atoms with Gasteiger partial charge < -0.3 is 15.2 Å². The van der Waals surface area contributed by atoms with Gasteiger partial charge in [-0.2, -0.15) is 0 Å². The van der Waals surface area contributed by atoms with Crippen LogP contribution in [0.25, 0.3) is 10.9 Å². The van der Waals surface area contributed by atoms with Crippen molar-refractivity contribution >= 4 is 22.7 Å². The van der Waals surface area contributed by atoms with Gasteiger partial charge in [0.15, 0.2) is 0 Å². The molecule has 1 unspecified atom stereocenters. The normalized spacial score (nSPS) is 17.7. The number of aromatic amines is 1. The molecule has 0 spiro atoms. The molecule has 1 aromatic heterocycles. The van der Waals surface area contributed by atoms with Gasteiger partial charge >= 0.3 is 0 Å². The first-order valence-electron chi connectivity index (χ1n) is 9.18. The zero-order valence-electron chi connectivity index (χ0n) is 15.9. The van der Waals surface area contributed by atoms with Gasteiger partial charge in [-0.25, -0.2) is 0 Å². The van der Waals surface area contributed by atoms with Gasteiger partial charge in [-0.05, 0) is 50.8 Å². The number of rotatable bonds is 5.